The maximum absolute atomic E-state index is 12.5. The van der Waals surface area contributed by atoms with E-state index < -0.39 is 15.3 Å². The normalized spacial score (nSPS) is 14.8. The molecule has 1 aliphatic heterocycles. The smallest absolute Gasteiger partial charge is 0.259 e. The van der Waals surface area contributed by atoms with Gasteiger partial charge in [-0.05, 0) is 26.8 Å². The number of anilines is 2. The lowest BCUT2D eigenvalue weighted by molar-refractivity contribution is 0.486. The highest BCUT2D eigenvalue weighted by atomic mass is 32.2. The second-order valence-electron chi connectivity index (χ2n) is 8.00. The zero-order valence-electron chi connectivity index (χ0n) is 17.9. The maximum Gasteiger partial charge on any atom is 0.259 e. The van der Waals surface area contributed by atoms with Crippen molar-refractivity contribution in [3.8, 4) is 11.4 Å². The van der Waals surface area contributed by atoms with Crippen molar-refractivity contribution >= 4 is 32.7 Å². The van der Waals surface area contributed by atoms with Gasteiger partial charge < -0.3 is 15.2 Å². The molecule has 0 spiro atoms. The summed E-state index contributed by atoms with van der Waals surface area (Å²) in [6, 6.07) is 3.93. The molecule has 4 aromatic rings. The van der Waals surface area contributed by atoms with E-state index in [0.29, 0.717) is 36.1 Å². The standard InChI is InChI=1S/C20H23N9O2S/c1-12(2)29-13(3)25-16-10-23-19(6-17(16)29)26-18-4-5-22-20(27-18)14-7-24-28(11-14)32(30,31)15-8-21-9-15/h4-7,10-12,15,21H,8-9H2,1-3H3,(H,22,23,26,27). The molecule has 0 amide bonds. The number of nitrogens with zero attached hydrogens (tertiary/aromatic N) is 7. The Hall–Kier alpha value is -3.38. The van der Waals surface area contributed by atoms with Crippen molar-refractivity contribution in [2.24, 2.45) is 0 Å². The molecule has 1 saturated heterocycles. The largest absolute Gasteiger partial charge is 0.326 e. The highest BCUT2D eigenvalue weighted by molar-refractivity contribution is 7.90. The zero-order chi connectivity index (χ0) is 22.5. The summed E-state index contributed by atoms with van der Waals surface area (Å²) in [4.78, 5) is 17.8. The van der Waals surface area contributed by atoms with E-state index in [2.05, 4.69) is 54.1 Å². The fraction of sp³-hybridized carbons (Fsp3) is 0.350. The van der Waals surface area contributed by atoms with Crippen molar-refractivity contribution in [2.45, 2.75) is 32.1 Å². The summed E-state index contributed by atoms with van der Waals surface area (Å²) in [6.45, 7) is 7.06. The molecule has 1 aliphatic rings. The van der Waals surface area contributed by atoms with Crippen LogP contribution in [0.5, 0.6) is 0 Å². The van der Waals surface area contributed by atoms with Crippen LogP contribution in [0, 0.1) is 6.92 Å². The van der Waals surface area contributed by atoms with Gasteiger partial charge >= 0.3 is 0 Å². The maximum atomic E-state index is 12.5. The first-order valence-electron chi connectivity index (χ1n) is 10.3. The van der Waals surface area contributed by atoms with Gasteiger partial charge in [-0.1, -0.05) is 0 Å². The van der Waals surface area contributed by atoms with Crippen molar-refractivity contribution < 1.29 is 8.42 Å². The molecule has 0 radical (unpaired) electrons. The second kappa shape index (κ2) is 7.64. The first kappa shape index (κ1) is 20.5. The van der Waals surface area contributed by atoms with E-state index in [1.807, 2.05) is 13.0 Å². The highest BCUT2D eigenvalue weighted by Gasteiger charge is 2.33. The Balaban J connectivity index is 1.42. The topological polar surface area (TPSA) is 133 Å². The van der Waals surface area contributed by atoms with Gasteiger partial charge in [0.25, 0.3) is 10.0 Å². The molecule has 32 heavy (non-hydrogen) atoms. The third kappa shape index (κ3) is 3.50. The molecule has 0 atom stereocenters. The number of hydrogen-bond acceptors (Lipinski definition) is 9. The molecule has 0 aliphatic carbocycles. The van der Waals surface area contributed by atoms with Crippen LogP contribution in [0.4, 0.5) is 11.6 Å². The summed E-state index contributed by atoms with van der Waals surface area (Å²) in [5.41, 5.74) is 2.34. The lowest BCUT2D eigenvalue weighted by Gasteiger charge is -2.26. The van der Waals surface area contributed by atoms with Crippen molar-refractivity contribution in [1.29, 1.82) is 0 Å². The summed E-state index contributed by atoms with van der Waals surface area (Å²) in [6.07, 6.45) is 6.24. The molecule has 4 aromatic heterocycles. The fourth-order valence-corrected chi connectivity index (χ4v) is 5.12. The number of nitrogens with one attached hydrogen (secondary N) is 2. The first-order chi connectivity index (χ1) is 15.3. The molecular weight excluding hydrogens is 430 g/mol. The Morgan fingerprint density at radius 2 is 1.97 bits per heavy atom. The molecule has 0 saturated carbocycles. The Labute approximate surface area is 185 Å². The van der Waals surface area contributed by atoms with Gasteiger partial charge in [-0.2, -0.15) is 9.19 Å². The molecule has 166 valence electrons. The van der Waals surface area contributed by atoms with Gasteiger partial charge in [0.05, 0.1) is 29.7 Å². The molecule has 0 unspecified atom stereocenters. The average molecular weight is 454 g/mol. The van der Waals surface area contributed by atoms with Crippen molar-refractivity contribution in [3.63, 3.8) is 0 Å². The van der Waals surface area contributed by atoms with Crippen LogP contribution in [0.25, 0.3) is 22.4 Å². The minimum absolute atomic E-state index is 0.268. The minimum atomic E-state index is -3.52. The molecule has 5 rings (SSSR count). The summed E-state index contributed by atoms with van der Waals surface area (Å²) in [5, 5.41) is 9.72. The van der Waals surface area contributed by atoms with Crippen LogP contribution >= 0.6 is 0 Å². The molecule has 0 bridgehead atoms. The molecule has 11 nitrogen and oxygen atoms in total. The predicted octanol–water partition coefficient (Wildman–Crippen LogP) is 1.87. The van der Waals surface area contributed by atoms with Crippen molar-refractivity contribution in [3.05, 3.63) is 42.7 Å². The third-order valence-electron chi connectivity index (χ3n) is 5.42. The average Bonchev–Trinajstić information content (AvgIpc) is 3.31. The first-order valence-corrected chi connectivity index (χ1v) is 11.8. The van der Waals surface area contributed by atoms with Crippen molar-refractivity contribution in [2.75, 3.05) is 18.4 Å². The van der Waals surface area contributed by atoms with E-state index in [1.165, 1.54) is 12.4 Å². The van der Waals surface area contributed by atoms with Crippen LogP contribution in [0.1, 0.15) is 25.7 Å². The number of aryl methyl sites for hydroxylation is 1. The zero-order valence-corrected chi connectivity index (χ0v) is 18.7. The van der Waals surface area contributed by atoms with Crippen LogP contribution < -0.4 is 10.6 Å². The minimum Gasteiger partial charge on any atom is -0.326 e. The Morgan fingerprint density at radius 1 is 1.16 bits per heavy atom. The van der Waals surface area contributed by atoms with Crippen LogP contribution in [-0.4, -0.2) is 60.4 Å². The van der Waals surface area contributed by atoms with Gasteiger partial charge in [-0.3, -0.25) is 0 Å². The van der Waals surface area contributed by atoms with Crippen LogP contribution in [0.3, 0.4) is 0 Å². The second-order valence-corrected chi connectivity index (χ2v) is 10.1. The van der Waals surface area contributed by atoms with E-state index >= 15 is 0 Å². The lowest BCUT2D eigenvalue weighted by Crippen LogP contribution is -2.53. The van der Waals surface area contributed by atoms with E-state index in [0.717, 1.165) is 20.9 Å². The molecular formula is C20H23N9O2S. The molecule has 2 N–H and O–H groups in total. The Kier molecular flexibility index (Phi) is 4.90. The number of hydrogen-bond donors (Lipinski definition) is 2. The highest BCUT2D eigenvalue weighted by Crippen LogP contribution is 2.24. The van der Waals surface area contributed by atoms with Gasteiger partial charge in [0, 0.05) is 31.4 Å². The van der Waals surface area contributed by atoms with Crippen LogP contribution in [0.15, 0.2) is 36.9 Å². The molecule has 1 fully saturated rings. The predicted molar refractivity (Wildman–Crippen MR) is 120 cm³/mol. The quantitative estimate of drug-likeness (QED) is 0.449. The van der Waals surface area contributed by atoms with Crippen LogP contribution in [0.2, 0.25) is 0 Å². The van der Waals surface area contributed by atoms with Gasteiger partial charge in [-0.25, -0.2) is 28.4 Å². The lowest BCUT2D eigenvalue weighted by atomic mass is 10.3. The number of fused-ring (bicyclic) bond motifs is 1. The van der Waals surface area contributed by atoms with E-state index in [1.54, 1.807) is 18.5 Å². The van der Waals surface area contributed by atoms with E-state index in [-0.39, 0.29) is 6.04 Å². The van der Waals surface area contributed by atoms with Gasteiger partial charge in [0.15, 0.2) is 5.82 Å². The van der Waals surface area contributed by atoms with E-state index in [4.69, 9.17) is 0 Å². The third-order valence-corrected chi connectivity index (χ3v) is 7.32. The van der Waals surface area contributed by atoms with E-state index in [9.17, 15) is 8.42 Å². The number of imidazole rings is 1. The summed E-state index contributed by atoms with van der Waals surface area (Å²) in [5.74, 6) is 2.46. The van der Waals surface area contributed by atoms with Gasteiger partial charge in [0.2, 0.25) is 0 Å². The summed E-state index contributed by atoms with van der Waals surface area (Å²) >= 11 is 0. The summed E-state index contributed by atoms with van der Waals surface area (Å²) in [7, 11) is -3.52. The number of aromatic nitrogens is 7. The van der Waals surface area contributed by atoms with Crippen molar-refractivity contribution in [1.82, 2.24) is 39.0 Å². The summed E-state index contributed by atoms with van der Waals surface area (Å²) < 4.78 is 28.2. The molecule has 5 heterocycles. The number of rotatable bonds is 6. The van der Waals surface area contributed by atoms with Gasteiger partial charge in [0.1, 0.15) is 28.2 Å². The number of pyridine rings is 1. The van der Waals surface area contributed by atoms with Gasteiger partial charge in [-0.15, -0.1) is 0 Å². The van der Waals surface area contributed by atoms with Crippen LogP contribution in [-0.2, 0) is 10.0 Å². The SMILES string of the molecule is Cc1nc2cnc(Nc3ccnc(-c4cnn(S(=O)(=O)C5CNC5)c4)n3)cc2n1C(C)C. The molecule has 0 aromatic carbocycles. The Morgan fingerprint density at radius 3 is 2.69 bits per heavy atom. The Bertz CT molecular complexity index is 1400. The fourth-order valence-electron chi connectivity index (χ4n) is 3.72. The monoisotopic (exact) mass is 453 g/mol. The molecule has 12 heteroatoms.